The number of likely N-dealkylation sites (N-methyl/N-ethyl adjacent to an activating group) is 1. The van der Waals surface area contributed by atoms with Crippen LogP contribution in [0.4, 0.5) is 0 Å². The van der Waals surface area contributed by atoms with Crippen molar-refractivity contribution in [1.82, 2.24) is 14.1 Å². The van der Waals surface area contributed by atoms with Gasteiger partial charge in [-0.1, -0.05) is 60.7 Å². The van der Waals surface area contributed by atoms with Gasteiger partial charge in [-0.2, -0.15) is 4.31 Å². The summed E-state index contributed by atoms with van der Waals surface area (Å²) in [4.78, 5) is 4.24. The van der Waals surface area contributed by atoms with Crippen LogP contribution in [-0.4, -0.2) is 80.0 Å². The summed E-state index contributed by atoms with van der Waals surface area (Å²) in [5.41, 5.74) is 2.08. The number of hydrogen-bond acceptors (Lipinski definition) is 5. The second-order valence-corrected chi connectivity index (χ2v) is 9.61. The summed E-state index contributed by atoms with van der Waals surface area (Å²) in [7, 11) is -1.43. The van der Waals surface area contributed by atoms with Gasteiger partial charge in [-0.3, -0.25) is 9.80 Å². The molecule has 1 heterocycles. The normalized spacial score (nSPS) is 17.6. The number of hydrogen-bond donors (Lipinski definition) is 1. The largest absolute Gasteiger partial charge is 0.390 e. The molecule has 30 heavy (non-hydrogen) atoms. The molecule has 1 unspecified atom stereocenters. The van der Waals surface area contributed by atoms with Gasteiger partial charge in [0.05, 0.1) is 6.10 Å². The fourth-order valence-corrected chi connectivity index (χ4v) is 4.83. The number of aliphatic hydroxyl groups is 1. The molecule has 162 valence electrons. The molecule has 7 heteroatoms. The van der Waals surface area contributed by atoms with Crippen LogP contribution in [0, 0.1) is 0 Å². The lowest BCUT2D eigenvalue weighted by molar-refractivity contribution is 0.0670. The lowest BCUT2D eigenvalue weighted by Crippen LogP contribution is -2.50. The maximum atomic E-state index is 12.6. The van der Waals surface area contributed by atoms with Crippen molar-refractivity contribution in [2.24, 2.45) is 0 Å². The van der Waals surface area contributed by atoms with E-state index in [2.05, 4.69) is 21.9 Å². The van der Waals surface area contributed by atoms with Crippen LogP contribution in [0.1, 0.15) is 11.1 Å². The van der Waals surface area contributed by atoms with Gasteiger partial charge >= 0.3 is 0 Å². The van der Waals surface area contributed by atoms with E-state index in [1.807, 2.05) is 55.6 Å². The van der Waals surface area contributed by atoms with Crippen LogP contribution in [0.5, 0.6) is 0 Å². The van der Waals surface area contributed by atoms with Crippen LogP contribution in [-0.2, 0) is 16.6 Å². The van der Waals surface area contributed by atoms with E-state index in [1.165, 1.54) is 15.3 Å². The van der Waals surface area contributed by atoms with Gasteiger partial charge in [-0.15, -0.1) is 0 Å². The molecule has 2 aromatic carbocycles. The summed E-state index contributed by atoms with van der Waals surface area (Å²) < 4.78 is 26.7. The van der Waals surface area contributed by atoms with Gasteiger partial charge < -0.3 is 5.11 Å². The van der Waals surface area contributed by atoms with Gasteiger partial charge in [-0.05, 0) is 24.3 Å². The molecule has 3 rings (SSSR count). The van der Waals surface area contributed by atoms with Gasteiger partial charge in [-0.25, -0.2) is 8.42 Å². The predicted octanol–water partition coefficient (Wildman–Crippen LogP) is 2.10. The SMILES string of the molecule is CN(Cc1ccccc1)CC(O)CN1CCN(S(=O)(=O)/C=C/c2ccccc2)CC1. The topological polar surface area (TPSA) is 64.1 Å². The van der Waals surface area contributed by atoms with Crippen LogP contribution in [0.3, 0.4) is 0 Å². The van der Waals surface area contributed by atoms with Crippen molar-refractivity contribution in [3.8, 4) is 0 Å². The maximum Gasteiger partial charge on any atom is 0.236 e. The number of piperazine rings is 1. The Morgan fingerprint density at radius 1 is 1.00 bits per heavy atom. The minimum absolute atomic E-state index is 0.439. The smallest absolute Gasteiger partial charge is 0.236 e. The molecular formula is C23H31N3O3S. The van der Waals surface area contributed by atoms with E-state index in [-0.39, 0.29) is 0 Å². The average molecular weight is 430 g/mol. The zero-order valence-corrected chi connectivity index (χ0v) is 18.3. The van der Waals surface area contributed by atoms with E-state index in [4.69, 9.17) is 0 Å². The zero-order valence-electron chi connectivity index (χ0n) is 17.5. The van der Waals surface area contributed by atoms with Gasteiger partial charge in [0, 0.05) is 51.2 Å². The molecule has 0 aliphatic carbocycles. The van der Waals surface area contributed by atoms with Crippen molar-refractivity contribution >= 4 is 16.1 Å². The number of aliphatic hydroxyl groups excluding tert-OH is 1. The van der Waals surface area contributed by atoms with Crippen LogP contribution in [0.2, 0.25) is 0 Å². The molecule has 0 amide bonds. The minimum atomic E-state index is -3.43. The van der Waals surface area contributed by atoms with Gasteiger partial charge in [0.15, 0.2) is 0 Å². The number of β-amino-alcohol motifs (C(OH)–C–C–N with tert-alkyl or cyclic N) is 1. The van der Waals surface area contributed by atoms with Crippen LogP contribution < -0.4 is 0 Å². The highest BCUT2D eigenvalue weighted by Crippen LogP contribution is 2.12. The standard InChI is InChI=1S/C23H31N3O3S/c1-24(18-22-10-6-3-7-11-22)19-23(27)20-25-13-15-26(16-14-25)30(28,29)17-12-21-8-4-2-5-9-21/h2-12,17,23,27H,13-16,18-20H2,1H3/b17-12+. The highest BCUT2D eigenvalue weighted by molar-refractivity contribution is 7.92. The Bertz CT molecular complexity index is 896. The van der Waals surface area contributed by atoms with Crippen molar-refractivity contribution in [2.75, 3.05) is 46.3 Å². The number of sulfonamides is 1. The lowest BCUT2D eigenvalue weighted by Gasteiger charge is -2.35. The molecule has 1 fully saturated rings. The van der Waals surface area contributed by atoms with E-state index in [1.54, 1.807) is 6.08 Å². The van der Waals surface area contributed by atoms with Crippen LogP contribution in [0.15, 0.2) is 66.1 Å². The Hall–Kier alpha value is -2.03. The van der Waals surface area contributed by atoms with E-state index < -0.39 is 16.1 Å². The maximum absolute atomic E-state index is 12.6. The summed E-state index contributed by atoms with van der Waals surface area (Å²) in [6, 6.07) is 19.6. The average Bonchev–Trinajstić information content (AvgIpc) is 2.74. The Morgan fingerprint density at radius 3 is 2.23 bits per heavy atom. The summed E-state index contributed by atoms with van der Waals surface area (Å²) in [5, 5.41) is 11.7. The van der Waals surface area contributed by atoms with E-state index in [9.17, 15) is 13.5 Å². The zero-order chi connectivity index (χ0) is 21.4. The highest BCUT2D eigenvalue weighted by atomic mass is 32.2. The first kappa shape index (κ1) is 22.7. The molecule has 1 saturated heterocycles. The third-order valence-corrected chi connectivity index (χ3v) is 6.77. The number of nitrogens with zero attached hydrogens (tertiary/aromatic N) is 3. The molecule has 6 nitrogen and oxygen atoms in total. The molecule has 0 spiro atoms. The fourth-order valence-electron chi connectivity index (χ4n) is 3.66. The first-order valence-electron chi connectivity index (χ1n) is 10.3. The summed E-state index contributed by atoms with van der Waals surface area (Å²) in [5.74, 6) is 0. The Morgan fingerprint density at radius 2 is 1.60 bits per heavy atom. The minimum Gasteiger partial charge on any atom is -0.390 e. The number of rotatable bonds is 9. The van der Waals surface area contributed by atoms with E-state index >= 15 is 0 Å². The highest BCUT2D eigenvalue weighted by Gasteiger charge is 2.26. The fraction of sp³-hybridized carbons (Fsp3) is 0.391. The molecule has 1 atom stereocenters. The summed E-state index contributed by atoms with van der Waals surface area (Å²) in [6.07, 6.45) is 1.16. The third-order valence-electron chi connectivity index (χ3n) is 5.21. The molecule has 1 aliphatic rings. The molecular weight excluding hydrogens is 398 g/mol. The summed E-state index contributed by atoms with van der Waals surface area (Å²) >= 11 is 0. The molecule has 1 N–H and O–H groups in total. The molecule has 0 saturated carbocycles. The van der Waals surface area contributed by atoms with E-state index in [0.717, 1.165) is 12.1 Å². The third kappa shape index (κ3) is 7.04. The predicted molar refractivity (Wildman–Crippen MR) is 121 cm³/mol. The van der Waals surface area contributed by atoms with Crippen LogP contribution >= 0.6 is 0 Å². The molecule has 0 radical (unpaired) electrons. The molecule has 1 aliphatic heterocycles. The Labute approximate surface area is 180 Å². The van der Waals surface area contributed by atoms with Gasteiger partial charge in [0.25, 0.3) is 0 Å². The Kier molecular flexibility index (Phi) is 8.18. The molecule has 2 aromatic rings. The second kappa shape index (κ2) is 10.8. The first-order valence-corrected chi connectivity index (χ1v) is 11.8. The first-order chi connectivity index (χ1) is 14.4. The quantitative estimate of drug-likeness (QED) is 0.661. The second-order valence-electron chi connectivity index (χ2n) is 7.79. The van der Waals surface area contributed by atoms with Crippen molar-refractivity contribution in [2.45, 2.75) is 12.6 Å². The van der Waals surface area contributed by atoms with Crippen molar-refractivity contribution in [3.05, 3.63) is 77.2 Å². The van der Waals surface area contributed by atoms with Crippen molar-refractivity contribution in [1.29, 1.82) is 0 Å². The molecule has 0 bridgehead atoms. The van der Waals surface area contributed by atoms with Gasteiger partial charge in [0.2, 0.25) is 10.0 Å². The molecule has 0 aromatic heterocycles. The summed E-state index contributed by atoms with van der Waals surface area (Å²) in [6.45, 7) is 4.04. The van der Waals surface area contributed by atoms with Crippen molar-refractivity contribution in [3.63, 3.8) is 0 Å². The van der Waals surface area contributed by atoms with Gasteiger partial charge in [0.1, 0.15) is 0 Å². The number of benzene rings is 2. The lowest BCUT2D eigenvalue weighted by atomic mass is 10.2. The van der Waals surface area contributed by atoms with E-state index in [0.29, 0.717) is 39.3 Å². The Balaban J connectivity index is 1.43. The van der Waals surface area contributed by atoms with Crippen molar-refractivity contribution < 1.29 is 13.5 Å². The van der Waals surface area contributed by atoms with Crippen LogP contribution in [0.25, 0.3) is 6.08 Å². The monoisotopic (exact) mass is 429 g/mol.